The molecule has 214 valence electrons. The zero-order valence-corrected chi connectivity index (χ0v) is 21.9. The van der Waals surface area contributed by atoms with Crippen LogP contribution in [-0.2, 0) is 23.7 Å². The van der Waals surface area contributed by atoms with Crippen LogP contribution in [-0.4, -0.2) is 121 Å². The molecule has 2 aliphatic heterocycles. The lowest BCUT2D eigenvalue weighted by atomic mass is 9.63. The van der Waals surface area contributed by atoms with E-state index < -0.39 is 78.5 Å². The minimum Gasteiger partial charge on any atom is -0.388 e. The third kappa shape index (κ3) is 6.25. The smallest absolute Gasteiger partial charge is 0.186 e. The molecule has 2 saturated heterocycles. The van der Waals surface area contributed by atoms with Crippen molar-refractivity contribution in [2.24, 2.45) is 5.41 Å². The van der Waals surface area contributed by atoms with Gasteiger partial charge in [-0.2, -0.15) is 0 Å². The molecule has 0 aromatic heterocycles. The second kappa shape index (κ2) is 11.6. The molecular formula is C25H42O12. The Hall–Kier alpha value is -1.03. The molecule has 0 aromatic carbocycles. The lowest BCUT2D eigenvalue weighted by molar-refractivity contribution is -0.333. The van der Waals surface area contributed by atoms with E-state index in [-0.39, 0.29) is 25.2 Å². The summed E-state index contributed by atoms with van der Waals surface area (Å²) in [6, 6.07) is 0. The van der Waals surface area contributed by atoms with Crippen molar-refractivity contribution in [3.63, 3.8) is 0 Å². The second-order valence-electron chi connectivity index (χ2n) is 11.2. The maximum absolute atomic E-state index is 12.0. The van der Waals surface area contributed by atoms with Crippen LogP contribution < -0.4 is 0 Å². The van der Waals surface area contributed by atoms with E-state index in [0.29, 0.717) is 12.0 Å². The van der Waals surface area contributed by atoms with Crippen molar-refractivity contribution >= 4 is 5.78 Å². The van der Waals surface area contributed by atoms with Gasteiger partial charge in [-0.3, -0.25) is 4.79 Å². The molecule has 0 bridgehead atoms. The Balaban J connectivity index is 1.59. The fraction of sp³-hybridized carbons (Fsp3) is 0.880. The Morgan fingerprint density at radius 2 is 1.57 bits per heavy atom. The van der Waals surface area contributed by atoms with E-state index in [1.807, 2.05) is 13.8 Å². The molecule has 2 fully saturated rings. The largest absolute Gasteiger partial charge is 0.388 e. The van der Waals surface area contributed by atoms with Crippen LogP contribution in [0.5, 0.6) is 0 Å². The van der Waals surface area contributed by atoms with Gasteiger partial charge in [-0.15, -0.1) is 0 Å². The summed E-state index contributed by atoms with van der Waals surface area (Å²) in [5.74, 6) is -0.0395. The van der Waals surface area contributed by atoms with E-state index in [1.54, 1.807) is 13.8 Å². The van der Waals surface area contributed by atoms with Gasteiger partial charge in [0.1, 0.15) is 42.7 Å². The average molecular weight is 535 g/mol. The van der Waals surface area contributed by atoms with Crippen LogP contribution in [0.4, 0.5) is 0 Å². The molecule has 7 N–H and O–H groups in total. The first-order valence-electron chi connectivity index (χ1n) is 12.7. The minimum atomic E-state index is -1.62. The normalized spacial score (nSPS) is 45.4. The average Bonchev–Trinajstić information content (AvgIpc) is 2.82. The number of hydrogen-bond donors (Lipinski definition) is 7. The molecule has 0 aromatic rings. The molecule has 12 nitrogen and oxygen atoms in total. The standard InChI is InChI=1S/C25H42O12/c1-11-8-14(26)9-24(4,5)25(11,33)7-6-12(2)35-23-21(32)19(30)17(28)15(37-23)10-34-22-20(31)18(29)16(27)13(3)36-22/h8,12-13,15-23,27-33H,6-7,9-10H2,1-5H3/t12-,13+,15-,16+,17-,18-,19+,20-,21-,22-,23+,25-/m1/s1. The van der Waals surface area contributed by atoms with Gasteiger partial charge in [0, 0.05) is 11.8 Å². The van der Waals surface area contributed by atoms with Gasteiger partial charge in [-0.05, 0) is 45.3 Å². The van der Waals surface area contributed by atoms with Gasteiger partial charge in [0.15, 0.2) is 18.4 Å². The van der Waals surface area contributed by atoms with Crippen LogP contribution in [0.3, 0.4) is 0 Å². The van der Waals surface area contributed by atoms with E-state index >= 15 is 0 Å². The summed E-state index contributed by atoms with van der Waals surface area (Å²) < 4.78 is 22.3. The molecule has 0 saturated carbocycles. The topological polar surface area (TPSA) is 196 Å². The molecule has 0 radical (unpaired) electrons. The van der Waals surface area contributed by atoms with Crippen molar-refractivity contribution in [1.29, 1.82) is 0 Å². The molecule has 12 atom stereocenters. The first-order chi connectivity index (χ1) is 17.1. The third-order valence-corrected chi connectivity index (χ3v) is 7.95. The van der Waals surface area contributed by atoms with Crippen LogP contribution in [0.2, 0.25) is 0 Å². The van der Waals surface area contributed by atoms with Gasteiger partial charge < -0.3 is 54.7 Å². The van der Waals surface area contributed by atoms with Crippen LogP contribution in [0.25, 0.3) is 0 Å². The maximum Gasteiger partial charge on any atom is 0.186 e. The lowest BCUT2D eigenvalue weighted by Crippen LogP contribution is -2.61. The van der Waals surface area contributed by atoms with Crippen molar-refractivity contribution in [2.45, 2.75) is 127 Å². The molecular weight excluding hydrogens is 492 g/mol. The number of carbonyl (C=O) groups is 1. The van der Waals surface area contributed by atoms with E-state index in [1.165, 1.54) is 13.0 Å². The van der Waals surface area contributed by atoms with Gasteiger partial charge in [0.2, 0.25) is 0 Å². The Labute approximate surface area is 216 Å². The number of ether oxygens (including phenoxy) is 4. The Bertz CT molecular complexity index is 832. The highest BCUT2D eigenvalue weighted by atomic mass is 16.7. The van der Waals surface area contributed by atoms with Gasteiger partial charge in [-0.1, -0.05) is 13.8 Å². The van der Waals surface area contributed by atoms with Gasteiger partial charge in [0.25, 0.3) is 0 Å². The number of hydrogen-bond acceptors (Lipinski definition) is 12. The quantitative estimate of drug-likeness (QED) is 0.191. The molecule has 3 rings (SSSR count). The molecule has 0 unspecified atom stereocenters. The lowest BCUT2D eigenvalue weighted by Gasteiger charge is -2.46. The van der Waals surface area contributed by atoms with Crippen molar-refractivity contribution in [3.8, 4) is 0 Å². The van der Waals surface area contributed by atoms with Crippen LogP contribution >= 0.6 is 0 Å². The Kier molecular flexibility index (Phi) is 9.57. The van der Waals surface area contributed by atoms with Crippen molar-refractivity contribution in [3.05, 3.63) is 11.6 Å². The number of ketones is 1. The summed E-state index contributed by atoms with van der Waals surface area (Å²) in [6.07, 6.45) is -12.0. The van der Waals surface area contributed by atoms with E-state index in [2.05, 4.69) is 0 Å². The van der Waals surface area contributed by atoms with Crippen molar-refractivity contribution in [1.82, 2.24) is 0 Å². The minimum absolute atomic E-state index is 0.0395. The SMILES string of the molecule is CC1=CC(=O)CC(C)(C)[C@@]1(O)CC[C@@H](C)O[C@H]1O[C@H](CO[C@@H]2O[C@@H](C)[C@H](O)[C@@H](O)[C@H]2O)[C@@H](O)[C@H](O)[C@H]1O. The zero-order chi connectivity index (χ0) is 27.9. The molecule has 1 aliphatic carbocycles. The van der Waals surface area contributed by atoms with Crippen LogP contribution in [0.15, 0.2) is 11.6 Å². The number of allylic oxidation sites excluding steroid dienone is 1. The molecule has 2 heterocycles. The fourth-order valence-corrected chi connectivity index (χ4v) is 5.28. The zero-order valence-electron chi connectivity index (χ0n) is 21.9. The number of aliphatic hydroxyl groups is 7. The molecule has 3 aliphatic rings. The van der Waals surface area contributed by atoms with E-state index in [0.717, 1.165) is 0 Å². The van der Waals surface area contributed by atoms with E-state index in [9.17, 15) is 40.5 Å². The monoisotopic (exact) mass is 534 g/mol. The molecule has 12 heteroatoms. The second-order valence-corrected chi connectivity index (χ2v) is 11.2. The summed E-state index contributed by atoms with van der Waals surface area (Å²) in [4.78, 5) is 12.0. The van der Waals surface area contributed by atoms with Gasteiger partial charge in [0.05, 0.1) is 24.4 Å². The van der Waals surface area contributed by atoms with Crippen LogP contribution in [0, 0.1) is 5.41 Å². The highest BCUT2D eigenvalue weighted by Gasteiger charge is 2.49. The number of carbonyl (C=O) groups excluding carboxylic acids is 1. The maximum atomic E-state index is 12.0. The first kappa shape index (κ1) is 30.5. The Morgan fingerprint density at radius 1 is 0.973 bits per heavy atom. The van der Waals surface area contributed by atoms with Crippen LogP contribution in [0.1, 0.15) is 53.9 Å². The predicted octanol–water partition coefficient (Wildman–Crippen LogP) is -1.50. The van der Waals surface area contributed by atoms with Crippen molar-refractivity contribution < 1.29 is 59.5 Å². The number of aliphatic hydroxyl groups excluding tert-OH is 6. The summed E-state index contributed by atoms with van der Waals surface area (Å²) in [5, 5.41) is 72.4. The molecule has 37 heavy (non-hydrogen) atoms. The molecule has 0 spiro atoms. The predicted molar refractivity (Wildman–Crippen MR) is 127 cm³/mol. The highest BCUT2D eigenvalue weighted by molar-refractivity contribution is 5.92. The van der Waals surface area contributed by atoms with E-state index in [4.69, 9.17) is 18.9 Å². The summed E-state index contributed by atoms with van der Waals surface area (Å²) in [7, 11) is 0. The fourth-order valence-electron chi connectivity index (χ4n) is 5.28. The third-order valence-electron chi connectivity index (χ3n) is 7.95. The van der Waals surface area contributed by atoms with Gasteiger partial charge >= 0.3 is 0 Å². The summed E-state index contributed by atoms with van der Waals surface area (Å²) in [6.45, 7) is 8.19. The van der Waals surface area contributed by atoms with Gasteiger partial charge in [-0.25, -0.2) is 0 Å². The summed E-state index contributed by atoms with van der Waals surface area (Å²) >= 11 is 0. The van der Waals surface area contributed by atoms with Crippen molar-refractivity contribution in [2.75, 3.05) is 6.61 Å². The number of rotatable bonds is 8. The molecule has 0 amide bonds. The first-order valence-corrected chi connectivity index (χ1v) is 12.7. The Morgan fingerprint density at radius 3 is 2.19 bits per heavy atom. The summed E-state index contributed by atoms with van der Waals surface area (Å²) in [5.41, 5.74) is -1.34. The highest BCUT2D eigenvalue weighted by Crippen LogP contribution is 2.46.